The van der Waals surface area contributed by atoms with Crippen molar-refractivity contribution in [2.45, 2.75) is 64.5 Å². The standard InChI is InChI=1S/C34H38ClNO5/c35-31-22-29(26-8-2-1-3-9-26)17-18-30(31)24-41-32-11-5-4-10-27(32)19-21-36(20-7-6-12-33(37)38)23-25-13-15-28(16-14-25)34(39)40/h4-5,8,10-11,13-18,22H,1-3,6-7,9,12,19-21,23-24H2,(H,37,38)(H,39,40). The molecule has 216 valence electrons. The average Bonchev–Trinajstić information content (AvgIpc) is 2.98. The second kappa shape index (κ2) is 15.4. The number of para-hydroxylation sites is 1. The molecule has 0 saturated heterocycles. The summed E-state index contributed by atoms with van der Waals surface area (Å²) in [6.45, 7) is 2.52. The summed E-state index contributed by atoms with van der Waals surface area (Å²) in [6.07, 6.45) is 9.31. The number of ether oxygens (including phenoxy) is 1. The number of unbranched alkanes of at least 4 members (excludes halogenated alkanes) is 1. The third-order valence-electron chi connectivity index (χ3n) is 7.49. The number of allylic oxidation sites excluding steroid dienone is 2. The molecule has 0 fully saturated rings. The summed E-state index contributed by atoms with van der Waals surface area (Å²) in [4.78, 5) is 24.5. The topological polar surface area (TPSA) is 87.1 Å². The molecule has 3 aromatic rings. The van der Waals surface area contributed by atoms with Gasteiger partial charge in [-0.25, -0.2) is 4.79 Å². The maximum Gasteiger partial charge on any atom is 0.335 e. The Morgan fingerprint density at radius 2 is 1.71 bits per heavy atom. The third kappa shape index (κ3) is 9.48. The van der Waals surface area contributed by atoms with Gasteiger partial charge in [-0.2, -0.15) is 0 Å². The van der Waals surface area contributed by atoms with E-state index in [1.165, 1.54) is 24.0 Å². The minimum absolute atomic E-state index is 0.152. The van der Waals surface area contributed by atoms with Gasteiger partial charge in [0.05, 0.1) is 5.56 Å². The molecule has 41 heavy (non-hydrogen) atoms. The van der Waals surface area contributed by atoms with Crippen LogP contribution in [0, 0.1) is 0 Å². The Balaban J connectivity index is 1.39. The molecular weight excluding hydrogens is 538 g/mol. The molecule has 2 N–H and O–H groups in total. The van der Waals surface area contributed by atoms with Gasteiger partial charge in [0.2, 0.25) is 0 Å². The summed E-state index contributed by atoms with van der Waals surface area (Å²) < 4.78 is 6.26. The lowest BCUT2D eigenvalue weighted by atomic mass is 9.93. The molecule has 3 aromatic carbocycles. The molecule has 4 rings (SSSR count). The van der Waals surface area contributed by atoms with E-state index in [0.717, 1.165) is 61.2 Å². The van der Waals surface area contributed by atoms with Crippen LogP contribution in [-0.2, 0) is 24.4 Å². The van der Waals surface area contributed by atoms with Crippen molar-refractivity contribution in [1.82, 2.24) is 4.90 Å². The number of carbonyl (C=O) groups is 2. The molecule has 1 aliphatic rings. The normalized spacial score (nSPS) is 13.2. The Bertz CT molecular complexity index is 1350. The zero-order valence-electron chi connectivity index (χ0n) is 23.4. The summed E-state index contributed by atoms with van der Waals surface area (Å²) in [5.74, 6) is -0.912. The average molecular weight is 576 g/mol. The first-order chi connectivity index (χ1) is 19.9. The summed E-state index contributed by atoms with van der Waals surface area (Å²) >= 11 is 6.66. The third-order valence-corrected chi connectivity index (χ3v) is 7.84. The van der Waals surface area contributed by atoms with Gasteiger partial charge >= 0.3 is 11.9 Å². The summed E-state index contributed by atoms with van der Waals surface area (Å²) in [5, 5.41) is 18.9. The fraction of sp³-hybridized carbons (Fsp3) is 0.353. The van der Waals surface area contributed by atoms with Crippen LogP contribution >= 0.6 is 11.6 Å². The predicted molar refractivity (Wildman–Crippen MR) is 163 cm³/mol. The summed E-state index contributed by atoms with van der Waals surface area (Å²) in [6, 6.07) is 21.2. The molecule has 0 aliphatic heterocycles. The van der Waals surface area contributed by atoms with E-state index in [-0.39, 0.29) is 12.0 Å². The van der Waals surface area contributed by atoms with Gasteiger partial charge in [-0.05, 0) is 98.0 Å². The minimum atomic E-state index is -0.947. The molecule has 0 heterocycles. The largest absolute Gasteiger partial charge is 0.489 e. The molecular formula is C34H38ClNO5. The van der Waals surface area contributed by atoms with Crippen LogP contribution in [0.5, 0.6) is 5.75 Å². The van der Waals surface area contributed by atoms with Crippen molar-refractivity contribution >= 4 is 29.1 Å². The van der Waals surface area contributed by atoms with E-state index in [1.54, 1.807) is 12.1 Å². The number of halogens is 1. The number of hydrogen-bond acceptors (Lipinski definition) is 4. The Morgan fingerprint density at radius 1 is 0.902 bits per heavy atom. The molecule has 0 radical (unpaired) electrons. The summed E-state index contributed by atoms with van der Waals surface area (Å²) in [5.41, 5.74) is 5.88. The predicted octanol–water partition coefficient (Wildman–Crippen LogP) is 7.87. The molecule has 0 bridgehead atoms. The number of aromatic carboxylic acids is 1. The number of aliphatic carboxylic acids is 1. The van der Waals surface area contributed by atoms with Crippen molar-refractivity contribution < 1.29 is 24.5 Å². The van der Waals surface area contributed by atoms with Crippen molar-refractivity contribution in [1.29, 1.82) is 0 Å². The maximum absolute atomic E-state index is 11.2. The van der Waals surface area contributed by atoms with Crippen LogP contribution in [-0.4, -0.2) is 40.1 Å². The Labute approximate surface area is 247 Å². The number of benzene rings is 3. The van der Waals surface area contributed by atoms with Crippen LogP contribution in [0.2, 0.25) is 5.02 Å². The van der Waals surface area contributed by atoms with Crippen LogP contribution in [0.25, 0.3) is 5.57 Å². The highest BCUT2D eigenvalue weighted by Crippen LogP contribution is 2.30. The SMILES string of the molecule is O=C(O)CCCCN(CCc1ccccc1OCc1ccc(C2=CCCCC2)cc1Cl)Cc1ccc(C(=O)O)cc1. The quantitative estimate of drug-likeness (QED) is 0.179. The highest BCUT2D eigenvalue weighted by atomic mass is 35.5. The Morgan fingerprint density at radius 3 is 2.41 bits per heavy atom. The van der Waals surface area contributed by atoms with Crippen molar-refractivity contribution in [2.75, 3.05) is 13.1 Å². The summed E-state index contributed by atoms with van der Waals surface area (Å²) in [7, 11) is 0. The lowest BCUT2D eigenvalue weighted by molar-refractivity contribution is -0.137. The maximum atomic E-state index is 11.2. The molecule has 0 saturated carbocycles. The van der Waals surface area contributed by atoms with E-state index >= 15 is 0 Å². The lowest BCUT2D eigenvalue weighted by Gasteiger charge is -2.23. The first-order valence-electron chi connectivity index (χ1n) is 14.3. The van der Waals surface area contributed by atoms with Crippen LogP contribution < -0.4 is 4.74 Å². The molecule has 6 nitrogen and oxygen atoms in total. The molecule has 0 aromatic heterocycles. The fourth-order valence-corrected chi connectivity index (χ4v) is 5.38. The van der Waals surface area contributed by atoms with Crippen LogP contribution in [0.15, 0.2) is 72.8 Å². The highest BCUT2D eigenvalue weighted by molar-refractivity contribution is 6.31. The van der Waals surface area contributed by atoms with Gasteiger partial charge in [0.15, 0.2) is 0 Å². The molecule has 0 atom stereocenters. The van der Waals surface area contributed by atoms with Gasteiger partial charge in [-0.1, -0.05) is 60.1 Å². The van der Waals surface area contributed by atoms with Gasteiger partial charge in [0, 0.05) is 30.1 Å². The van der Waals surface area contributed by atoms with Gasteiger partial charge in [-0.3, -0.25) is 9.69 Å². The first-order valence-corrected chi connectivity index (χ1v) is 14.7. The smallest absolute Gasteiger partial charge is 0.335 e. The van der Waals surface area contributed by atoms with E-state index < -0.39 is 11.9 Å². The van der Waals surface area contributed by atoms with Crippen LogP contribution in [0.4, 0.5) is 0 Å². The van der Waals surface area contributed by atoms with Gasteiger partial charge in [0.1, 0.15) is 12.4 Å². The number of carboxylic acid groups (broad SMARTS) is 2. The highest BCUT2D eigenvalue weighted by Gasteiger charge is 2.13. The second-order valence-corrected chi connectivity index (χ2v) is 11.0. The monoisotopic (exact) mass is 575 g/mol. The van der Waals surface area contributed by atoms with E-state index in [4.69, 9.17) is 21.4 Å². The first kappa shape index (κ1) is 30.4. The van der Waals surface area contributed by atoms with Crippen LogP contribution in [0.3, 0.4) is 0 Å². The molecule has 0 spiro atoms. The second-order valence-electron chi connectivity index (χ2n) is 10.6. The van der Waals surface area contributed by atoms with Crippen molar-refractivity contribution in [3.63, 3.8) is 0 Å². The van der Waals surface area contributed by atoms with Gasteiger partial charge in [0.25, 0.3) is 0 Å². The van der Waals surface area contributed by atoms with Gasteiger partial charge < -0.3 is 14.9 Å². The number of nitrogens with zero attached hydrogens (tertiary/aromatic N) is 1. The zero-order chi connectivity index (χ0) is 29.0. The fourth-order valence-electron chi connectivity index (χ4n) is 5.14. The van der Waals surface area contributed by atoms with Crippen molar-refractivity contribution in [3.8, 4) is 5.75 Å². The minimum Gasteiger partial charge on any atom is -0.489 e. The van der Waals surface area contributed by atoms with Crippen molar-refractivity contribution in [2.24, 2.45) is 0 Å². The number of hydrogen-bond donors (Lipinski definition) is 2. The van der Waals surface area contributed by atoms with Crippen molar-refractivity contribution in [3.05, 3.63) is 106 Å². The number of carboxylic acids is 2. The van der Waals surface area contributed by atoms with E-state index in [0.29, 0.717) is 24.6 Å². The molecule has 0 unspecified atom stereocenters. The zero-order valence-corrected chi connectivity index (χ0v) is 24.1. The Hall–Kier alpha value is -3.61. The number of rotatable bonds is 15. The van der Waals surface area contributed by atoms with E-state index in [9.17, 15) is 14.7 Å². The molecule has 1 aliphatic carbocycles. The molecule has 7 heteroatoms. The lowest BCUT2D eigenvalue weighted by Crippen LogP contribution is -2.27. The van der Waals surface area contributed by atoms with Crippen LogP contribution in [0.1, 0.15) is 77.6 Å². The molecule has 0 amide bonds. The van der Waals surface area contributed by atoms with Gasteiger partial charge in [-0.15, -0.1) is 0 Å². The Kier molecular flexibility index (Phi) is 11.4. The van der Waals surface area contributed by atoms with E-state index in [1.807, 2.05) is 30.3 Å². The van der Waals surface area contributed by atoms with E-state index in [2.05, 4.69) is 35.2 Å².